The van der Waals surface area contributed by atoms with E-state index >= 15 is 0 Å². The zero-order valence-corrected chi connectivity index (χ0v) is 12.5. The molecule has 0 radical (unpaired) electrons. The van der Waals surface area contributed by atoms with E-state index in [-0.39, 0.29) is 10.6 Å². The van der Waals surface area contributed by atoms with E-state index in [2.05, 4.69) is 0 Å². The standard InChI is InChI=1S/C14H10O5S2/c1-9-2-5-11(6-3-9)21(16,17)19-10-4-7-12-13(8-10)20-14(15)18-12/h2-8H,1H3. The number of aryl methyl sites for hydroxylation is 1. The summed E-state index contributed by atoms with van der Waals surface area (Å²) in [5, 5.41) is 0. The van der Waals surface area contributed by atoms with E-state index in [0.717, 1.165) is 16.9 Å². The van der Waals surface area contributed by atoms with Gasteiger partial charge in [-0.1, -0.05) is 29.0 Å². The van der Waals surface area contributed by atoms with E-state index in [0.29, 0.717) is 10.3 Å². The Balaban J connectivity index is 1.96. The van der Waals surface area contributed by atoms with Gasteiger partial charge in [-0.05, 0) is 31.2 Å². The van der Waals surface area contributed by atoms with Crippen LogP contribution >= 0.6 is 11.3 Å². The topological polar surface area (TPSA) is 73.6 Å². The van der Waals surface area contributed by atoms with E-state index < -0.39 is 15.1 Å². The third kappa shape index (κ3) is 2.84. The lowest BCUT2D eigenvalue weighted by Gasteiger charge is -2.07. The first-order chi connectivity index (χ1) is 9.94. The molecule has 0 atom stereocenters. The Labute approximate surface area is 124 Å². The molecule has 0 saturated heterocycles. The van der Waals surface area contributed by atoms with Gasteiger partial charge < -0.3 is 8.60 Å². The summed E-state index contributed by atoms with van der Waals surface area (Å²) < 4.78 is 34.8. The van der Waals surface area contributed by atoms with Gasteiger partial charge in [-0.15, -0.1) is 0 Å². The molecule has 0 aliphatic carbocycles. The molecule has 0 aliphatic rings. The van der Waals surface area contributed by atoms with Gasteiger partial charge in [0.1, 0.15) is 16.2 Å². The molecule has 1 heterocycles. The zero-order valence-electron chi connectivity index (χ0n) is 10.9. The second-order valence-electron chi connectivity index (χ2n) is 4.41. The van der Waals surface area contributed by atoms with E-state index in [9.17, 15) is 13.2 Å². The average Bonchev–Trinajstić information content (AvgIpc) is 2.78. The third-order valence-electron chi connectivity index (χ3n) is 2.82. The molecule has 0 N–H and O–H groups in total. The Kier molecular flexibility index (Phi) is 3.30. The minimum atomic E-state index is -3.90. The molecule has 3 aromatic rings. The number of fused-ring (bicyclic) bond motifs is 1. The van der Waals surface area contributed by atoms with Gasteiger partial charge in [0.2, 0.25) is 0 Å². The maximum absolute atomic E-state index is 12.2. The lowest BCUT2D eigenvalue weighted by Crippen LogP contribution is -2.09. The van der Waals surface area contributed by atoms with Gasteiger partial charge in [0, 0.05) is 6.07 Å². The highest BCUT2D eigenvalue weighted by atomic mass is 32.2. The number of rotatable bonds is 3. The van der Waals surface area contributed by atoms with E-state index in [1.165, 1.54) is 30.3 Å². The summed E-state index contributed by atoms with van der Waals surface area (Å²) in [6, 6.07) is 10.8. The van der Waals surface area contributed by atoms with Crippen LogP contribution in [-0.4, -0.2) is 8.42 Å². The summed E-state index contributed by atoms with van der Waals surface area (Å²) in [6.07, 6.45) is 0. The van der Waals surface area contributed by atoms with Crippen LogP contribution in [0.4, 0.5) is 0 Å². The largest absolute Gasteiger partial charge is 0.414 e. The van der Waals surface area contributed by atoms with Crippen molar-refractivity contribution in [2.24, 2.45) is 0 Å². The normalized spacial score (nSPS) is 11.7. The van der Waals surface area contributed by atoms with Crippen molar-refractivity contribution in [2.45, 2.75) is 11.8 Å². The van der Waals surface area contributed by atoms with Crippen LogP contribution in [0, 0.1) is 6.92 Å². The molecular weight excluding hydrogens is 312 g/mol. The molecule has 21 heavy (non-hydrogen) atoms. The van der Waals surface area contributed by atoms with Crippen molar-refractivity contribution in [3.8, 4) is 5.75 Å². The van der Waals surface area contributed by atoms with Crippen LogP contribution in [0.3, 0.4) is 0 Å². The maximum Gasteiger partial charge on any atom is 0.396 e. The summed E-state index contributed by atoms with van der Waals surface area (Å²) in [5.74, 6) is 0.139. The van der Waals surface area contributed by atoms with E-state index in [1.807, 2.05) is 6.92 Å². The van der Waals surface area contributed by atoms with Crippen LogP contribution in [0.1, 0.15) is 5.56 Å². The smallest absolute Gasteiger partial charge is 0.396 e. The molecule has 0 aliphatic heterocycles. The van der Waals surface area contributed by atoms with Crippen molar-refractivity contribution >= 4 is 31.7 Å². The molecule has 108 valence electrons. The third-order valence-corrected chi connectivity index (χ3v) is 4.87. The molecule has 0 unspecified atom stereocenters. The summed E-state index contributed by atoms with van der Waals surface area (Å²) in [7, 11) is -3.90. The van der Waals surface area contributed by atoms with Crippen molar-refractivity contribution in [1.29, 1.82) is 0 Å². The predicted molar refractivity (Wildman–Crippen MR) is 79.4 cm³/mol. The molecular formula is C14H10O5S2. The molecule has 0 bridgehead atoms. The van der Waals surface area contributed by atoms with Crippen molar-refractivity contribution in [1.82, 2.24) is 0 Å². The summed E-state index contributed by atoms with van der Waals surface area (Å²) in [5.41, 5.74) is 1.36. The van der Waals surface area contributed by atoms with Crippen LogP contribution in [0.5, 0.6) is 5.75 Å². The van der Waals surface area contributed by atoms with Gasteiger partial charge in [-0.3, -0.25) is 0 Å². The molecule has 3 rings (SSSR count). The van der Waals surface area contributed by atoms with Gasteiger partial charge in [0.15, 0.2) is 0 Å². The Hall–Kier alpha value is -2.12. The van der Waals surface area contributed by atoms with Gasteiger partial charge >= 0.3 is 15.1 Å². The molecule has 5 nitrogen and oxygen atoms in total. The fourth-order valence-corrected chi connectivity index (χ4v) is 3.40. The predicted octanol–water partition coefficient (Wildman–Crippen LogP) is 2.93. The highest BCUT2D eigenvalue weighted by molar-refractivity contribution is 7.87. The van der Waals surface area contributed by atoms with Crippen LogP contribution in [-0.2, 0) is 10.1 Å². The first kappa shape index (κ1) is 13.8. The van der Waals surface area contributed by atoms with Crippen molar-refractivity contribution < 1.29 is 17.0 Å². The van der Waals surface area contributed by atoms with E-state index in [4.69, 9.17) is 8.60 Å². The Bertz CT molecular complexity index is 949. The molecule has 7 heteroatoms. The fraction of sp³-hybridized carbons (Fsp3) is 0.0714. The Morgan fingerprint density at radius 1 is 1.10 bits per heavy atom. The second kappa shape index (κ2) is 5.01. The first-order valence-corrected chi connectivity index (χ1v) is 8.21. The van der Waals surface area contributed by atoms with Gasteiger partial charge in [0.25, 0.3) is 0 Å². The van der Waals surface area contributed by atoms with E-state index in [1.54, 1.807) is 12.1 Å². The first-order valence-electron chi connectivity index (χ1n) is 5.99. The van der Waals surface area contributed by atoms with Gasteiger partial charge in [-0.2, -0.15) is 8.42 Å². The minimum Gasteiger partial charge on any atom is -0.414 e. The molecule has 0 spiro atoms. The monoisotopic (exact) mass is 322 g/mol. The Morgan fingerprint density at radius 3 is 2.52 bits per heavy atom. The average molecular weight is 322 g/mol. The highest BCUT2D eigenvalue weighted by Crippen LogP contribution is 2.25. The van der Waals surface area contributed by atoms with Crippen molar-refractivity contribution in [3.63, 3.8) is 0 Å². The minimum absolute atomic E-state index is 0.0774. The molecule has 1 aromatic heterocycles. The van der Waals surface area contributed by atoms with Gasteiger partial charge in [0.05, 0.1) is 4.70 Å². The quantitative estimate of drug-likeness (QED) is 0.693. The molecule has 0 amide bonds. The summed E-state index contributed by atoms with van der Waals surface area (Å²) >= 11 is 0.893. The fourth-order valence-electron chi connectivity index (χ4n) is 1.78. The summed E-state index contributed by atoms with van der Waals surface area (Å²) in [4.78, 5) is 10.8. The molecule has 2 aromatic carbocycles. The number of hydrogen-bond acceptors (Lipinski definition) is 6. The second-order valence-corrected chi connectivity index (χ2v) is 6.94. The highest BCUT2D eigenvalue weighted by Gasteiger charge is 2.17. The lowest BCUT2D eigenvalue weighted by molar-refractivity contribution is 0.486. The molecule has 0 saturated carbocycles. The van der Waals surface area contributed by atoms with Crippen molar-refractivity contribution in [2.75, 3.05) is 0 Å². The van der Waals surface area contributed by atoms with Crippen LogP contribution < -0.4 is 9.12 Å². The van der Waals surface area contributed by atoms with Crippen LogP contribution in [0.2, 0.25) is 0 Å². The number of hydrogen-bond donors (Lipinski definition) is 0. The maximum atomic E-state index is 12.2. The number of benzene rings is 2. The van der Waals surface area contributed by atoms with Crippen LogP contribution in [0.25, 0.3) is 10.3 Å². The lowest BCUT2D eigenvalue weighted by atomic mass is 10.2. The summed E-state index contributed by atoms with van der Waals surface area (Å²) in [6.45, 7) is 1.87. The Morgan fingerprint density at radius 2 is 1.81 bits per heavy atom. The van der Waals surface area contributed by atoms with Crippen LogP contribution in [0.15, 0.2) is 56.6 Å². The zero-order chi connectivity index (χ0) is 15.0. The van der Waals surface area contributed by atoms with Gasteiger partial charge in [-0.25, -0.2) is 4.79 Å². The van der Waals surface area contributed by atoms with Crippen molar-refractivity contribution in [3.05, 3.63) is 57.8 Å². The SMILES string of the molecule is Cc1ccc(S(=O)(=O)Oc2ccc3oc(=O)sc3c2)cc1. The molecule has 0 fully saturated rings.